The lowest BCUT2D eigenvalue weighted by molar-refractivity contribution is -0.129. The largest absolute Gasteiger partial charge is 0.323 e. The minimum absolute atomic E-state index is 0.101. The van der Waals surface area contributed by atoms with Crippen molar-refractivity contribution in [3.8, 4) is 0 Å². The standard InChI is InChI=1S/C21H24N4O2/c1-14(26)25-10-9-15-7-5-6-8-17(15)18(25)11-19(27)24-16-12-22-20(23-13-16)21(2,3)4/h5-10,12-13,18H,11H2,1-4H3,(H,24,27)/t18-/m1/s1. The number of carbonyl (C=O) groups is 2. The first-order valence-electron chi connectivity index (χ1n) is 8.94. The van der Waals surface area contributed by atoms with Gasteiger partial charge in [0.1, 0.15) is 5.82 Å². The van der Waals surface area contributed by atoms with Gasteiger partial charge in [0.15, 0.2) is 0 Å². The smallest absolute Gasteiger partial charge is 0.226 e. The molecule has 1 aliphatic heterocycles. The van der Waals surface area contributed by atoms with E-state index in [1.807, 2.05) is 51.1 Å². The molecule has 6 nitrogen and oxygen atoms in total. The lowest BCUT2D eigenvalue weighted by Gasteiger charge is -2.32. The van der Waals surface area contributed by atoms with Crippen molar-refractivity contribution in [2.45, 2.75) is 45.6 Å². The summed E-state index contributed by atoms with van der Waals surface area (Å²) in [6.45, 7) is 7.60. The number of fused-ring (bicyclic) bond motifs is 1. The van der Waals surface area contributed by atoms with Crippen LogP contribution in [0.1, 0.15) is 57.1 Å². The number of amides is 2. The fourth-order valence-corrected chi connectivity index (χ4v) is 3.08. The van der Waals surface area contributed by atoms with Gasteiger partial charge in [-0.2, -0.15) is 0 Å². The van der Waals surface area contributed by atoms with Crippen LogP contribution in [-0.2, 0) is 15.0 Å². The van der Waals surface area contributed by atoms with E-state index in [0.717, 1.165) is 17.0 Å². The maximum atomic E-state index is 12.6. The van der Waals surface area contributed by atoms with Gasteiger partial charge in [0.25, 0.3) is 0 Å². The molecule has 0 fully saturated rings. The van der Waals surface area contributed by atoms with E-state index in [-0.39, 0.29) is 29.7 Å². The third kappa shape index (κ3) is 4.22. The monoisotopic (exact) mass is 364 g/mol. The molecule has 1 aliphatic rings. The van der Waals surface area contributed by atoms with Gasteiger partial charge in [0, 0.05) is 18.5 Å². The summed E-state index contributed by atoms with van der Waals surface area (Å²) >= 11 is 0. The summed E-state index contributed by atoms with van der Waals surface area (Å²) < 4.78 is 0. The molecule has 0 saturated carbocycles. The van der Waals surface area contributed by atoms with Crippen LogP contribution in [0.4, 0.5) is 5.69 Å². The SMILES string of the molecule is CC(=O)N1C=Cc2ccccc2[C@H]1CC(=O)Nc1cnc(C(C)(C)C)nc1. The third-order valence-corrected chi connectivity index (χ3v) is 4.45. The Morgan fingerprint density at radius 1 is 1.15 bits per heavy atom. The van der Waals surface area contributed by atoms with E-state index in [0.29, 0.717) is 5.69 Å². The van der Waals surface area contributed by atoms with Gasteiger partial charge in [-0.3, -0.25) is 9.59 Å². The first-order valence-corrected chi connectivity index (χ1v) is 8.94. The van der Waals surface area contributed by atoms with Crippen LogP contribution in [-0.4, -0.2) is 26.7 Å². The van der Waals surface area contributed by atoms with Crippen LogP contribution in [0.15, 0.2) is 42.9 Å². The molecular formula is C21H24N4O2. The zero-order valence-electron chi connectivity index (χ0n) is 16.1. The van der Waals surface area contributed by atoms with Crippen molar-refractivity contribution in [1.29, 1.82) is 0 Å². The van der Waals surface area contributed by atoms with Crippen molar-refractivity contribution >= 4 is 23.6 Å². The number of hydrogen-bond acceptors (Lipinski definition) is 4. The Kier molecular flexibility index (Phi) is 5.08. The molecule has 1 aromatic carbocycles. The van der Waals surface area contributed by atoms with Crippen LogP contribution in [0.2, 0.25) is 0 Å². The van der Waals surface area contributed by atoms with Crippen molar-refractivity contribution in [2.75, 3.05) is 5.32 Å². The average molecular weight is 364 g/mol. The van der Waals surface area contributed by atoms with Crippen molar-refractivity contribution in [3.63, 3.8) is 0 Å². The Bertz CT molecular complexity index is 882. The third-order valence-electron chi connectivity index (χ3n) is 4.45. The molecule has 6 heteroatoms. The number of carbonyl (C=O) groups excluding carboxylic acids is 2. The molecule has 3 rings (SSSR count). The van der Waals surface area contributed by atoms with Gasteiger partial charge in [0.05, 0.1) is 30.5 Å². The maximum Gasteiger partial charge on any atom is 0.226 e. The topological polar surface area (TPSA) is 75.2 Å². The Balaban J connectivity index is 1.76. The summed E-state index contributed by atoms with van der Waals surface area (Å²) in [5.74, 6) is 0.425. The molecule has 1 aromatic heterocycles. The predicted octanol–water partition coefficient (Wildman–Crippen LogP) is 3.68. The van der Waals surface area contributed by atoms with Crippen LogP contribution in [0.5, 0.6) is 0 Å². The number of benzene rings is 1. The van der Waals surface area contributed by atoms with Gasteiger partial charge in [-0.15, -0.1) is 0 Å². The van der Waals surface area contributed by atoms with Crippen molar-refractivity contribution in [3.05, 3.63) is 59.8 Å². The molecule has 27 heavy (non-hydrogen) atoms. The number of hydrogen-bond donors (Lipinski definition) is 1. The lowest BCUT2D eigenvalue weighted by Crippen LogP contribution is -2.33. The second kappa shape index (κ2) is 7.31. The molecule has 0 radical (unpaired) electrons. The zero-order chi connectivity index (χ0) is 19.6. The molecule has 0 aliphatic carbocycles. The van der Waals surface area contributed by atoms with E-state index in [1.165, 1.54) is 6.92 Å². The lowest BCUT2D eigenvalue weighted by atomic mass is 9.93. The van der Waals surface area contributed by atoms with E-state index in [4.69, 9.17) is 0 Å². The molecule has 2 aromatic rings. The predicted molar refractivity (Wildman–Crippen MR) is 105 cm³/mol. The fourth-order valence-electron chi connectivity index (χ4n) is 3.08. The molecule has 1 atom stereocenters. The molecule has 0 bridgehead atoms. The van der Waals surface area contributed by atoms with Gasteiger partial charge in [-0.25, -0.2) is 9.97 Å². The first kappa shape index (κ1) is 18.8. The number of anilines is 1. The summed E-state index contributed by atoms with van der Waals surface area (Å²) in [6, 6.07) is 7.46. The quantitative estimate of drug-likeness (QED) is 0.901. The molecule has 1 N–H and O–H groups in total. The van der Waals surface area contributed by atoms with E-state index >= 15 is 0 Å². The van der Waals surface area contributed by atoms with Crippen molar-refractivity contribution < 1.29 is 9.59 Å². The highest BCUT2D eigenvalue weighted by Crippen LogP contribution is 2.33. The van der Waals surface area contributed by atoms with Gasteiger partial charge in [-0.1, -0.05) is 45.0 Å². The van der Waals surface area contributed by atoms with Gasteiger partial charge >= 0.3 is 0 Å². The highest BCUT2D eigenvalue weighted by atomic mass is 16.2. The van der Waals surface area contributed by atoms with E-state index in [9.17, 15) is 9.59 Å². The van der Waals surface area contributed by atoms with Gasteiger partial charge < -0.3 is 10.2 Å². The number of nitrogens with zero attached hydrogens (tertiary/aromatic N) is 3. The van der Waals surface area contributed by atoms with E-state index < -0.39 is 0 Å². The summed E-state index contributed by atoms with van der Waals surface area (Å²) in [4.78, 5) is 34.9. The summed E-state index contributed by atoms with van der Waals surface area (Å²) in [6.07, 6.45) is 7.02. The minimum Gasteiger partial charge on any atom is -0.323 e. The molecule has 140 valence electrons. The molecule has 0 saturated heterocycles. The van der Waals surface area contributed by atoms with E-state index in [1.54, 1.807) is 23.5 Å². The van der Waals surface area contributed by atoms with Crippen LogP contribution in [0.3, 0.4) is 0 Å². The number of rotatable bonds is 3. The molecule has 2 heterocycles. The second-order valence-electron chi connectivity index (χ2n) is 7.68. The van der Waals surface area contributed by atoms with Gasteiger partial charge in [-0.05, 0) is 17.2 Å². The molecule has 2 amide bonds. The number of nitrogens with one attached hydrogen (secondary N) is 1. The Labute approximate surface area is 159 Å². The first-order chi connectivity index (χ1) is 12.8. The Hall–Kier alpha value is -3.02. The molecular weight excluding hydrogens is 340 g/mol. The zero-order valence-corrected chi connectivity index (χ0v) is 16.1. The van der Waals surface area contributed by atoms with Crippen LogP contribution in [0, 0.1) is 0 Å². The van der Waals surface area contributed by atoms with Crippen LogP contribution in [0.25, 0.3) is 6.08 Å². The maximum absolute atomic E-state index is 12.6. The highest BCUT2D eigenvalue weighted by Gasteiger charge is 2.28. The van der Waals surface area contributed by atoms with Crippen LogP contribution >= 0.6 is 0 Å². The van der Waals surface area contributed by atoms with Crippen molar-refractivity contribution in [2.24, 2.45) is 0 Å². The van der Waals surface area contributed by atoms with Crippen LogP contribution < -0.4 is 5.32 Å². The second-order valence-corrected chi connectivity index (χ2v) is 7.68. The van der Waals surface area contributed by atoms with Gasteiger partial charge in [0.2, 0.25) is 11.8 Å². The highest BCUT2D eigenvalue weighted by molar-refractivity contribution is 5.91. The summed E-state index contributed by atoms with van der Waals surface area (Å²) in [5, 5.41) is 2.83. The van der Waals surface area contributed by atoms with Crippen molar-refractivity contribution in [1.82, 2.24) is 14.9 Å². The molecule has 0 spiro atoms. The number of aromatic nitrogens is 2. The average Bonchev–Trinajstić information content (AvgIpc) is 2.61. The Morgan fingerprint density at radius 2 is 1.81 bits per heavy atom. The minimum atomic E-state index is -0.335. The summed E-state index contributed by atoms with van der Waals surface area (Å²) in [5.41, 5.74) is 2.38. The Morgan fingerprint density at radius 3 is 2.44 bits per heavy atom. The fraction of sp³-hybridized carbons (Fsp3) is 0.333. The summed E-state index contributed by atoms with van der Waals surface area (Å²) in [7, 11) is 0. The normalized spacial score (nSPS) is 16.0. The van der Waals surface area contributed by atoms with E-state index in [2.05, 4.69) is 15.3 Å². The molecule has 0 unspecified atom stereocenters.